The summed E-state index contributed by atoms with van der Waals surface area (Å²) < 4.78 is 0. The minimum absolute atomic E-state index is 0.0134. The third-order valence-corrected chi connectivity index (χ3v) is 3.53. The molecule has 0 bridgehead atoms. The first kappa shape index (κ1) is 16.5. The van der Waals surface area contributed by atoms with Crippen LogP contribution in [0.25, 0.3) is 0 Å². The topological polar surface area (TPSA) is 76.7 Å². The Bertz CT molecular complexity index is 598. The van der Waals surface area contributed by atoms with E-state index < -0.39 is 6.03 Å². The first-order valence-corrected chi connectivity index (χ1v) is 7.38. The summed E-state index contributed by atoms with van der Waals surface area (Å²) in [4.78, 5) is 27.2. The summed E-state index contributed by atoms with van der Waals surface area (Å²) >= 11 is 10.8. The zero-order valence-electron chi connectivity index (χ0n) is 11.9. The van der Waals surface area contributed by atoms with E-state index in [1.807, 2.05) is 6.07 Å². The van der Waals surface area contributed by atoms with Gasteiger partial charge in [0.15, 0.2) is 5.11 Å². The van der Waals surface area contributed by atoms with Crippen LogP contribution in [0, 0.1) is 0 Å². The fraction of sp³-hybridized carbons (Fsp3) is 0.308. The second-order valence-corrected chi connectivity index (χ2v) is 5.43. The first-order chi connectivity index (χ1) is 10.5. The Kier molecular flexibility index (Phi) is 5.53. The average Bonchev–Trinajstić information content (AvgIpc) is 2.47. The number of hydrogen-bond acceptors (Lipinski definition) is 4. The fourth-order valence-corrected chi connectivity index (χ4v) is 2.46. The maximum atomic E-state index is 12.2. The molecule has 0 radical (unpaired) electrons. The Labute approximate surface area is 138 Å². The quantitative estimate of drug-likeness (QED) is 0.545. The monoisotopic (exact) mass is 341 g/mol. The number of halogens is 1. The van der Waals surface area contributed by atoms with Gasteiger partial charge in [0.25, 0.3) is 0 Å². The lowest BCUT2D eigenvalue weighted by atomic mass is 10.2. The molecule has 0 aliphatic carbocycles. The molecule has 0 spiro atoms. The molecule has 0 saturated carbocycles. The van der Waals surface area contributed by atoms with Gasteiger partial charge in [-0.25, -0.2) is 10.2 Å². The normalized spacial score (nSPS) is 14.7. The van der Waals surface area contributed by atoms with Gasteiger partial charge in [-0.05, 0) is 30.4 Å². The predicted octanol–water partition coefficient (Wildman–Crippen LogP) is 0.707. The number of nitrogens with one attached hydrogen (secondary N) is 3. The van der Waals surface area contributed by atoms with Crippen molar-refractivity contribution in [2.24, 2.45) is 0 Å². The highest BCUT2D eigenvalue weighted by Crippen LogP contribution is 2.21. The van der Waals surface area contributed by atoms with Crippen LogP contribution in [-0.4, -0.2) is 48.6 Å². The third-order valence-electron chi connectivity index (χ3n) is 3.09. The fourth-order valence-electron chi connectivity index (χ4n) is 2.08. The van der Waals surface area contributed by atoms with E-state index in [0.29, 0.717) is 18.1 Å². The molecule has 1 heterocycles. The molecular weight excluding hydrogens is 326 g/mol. The number of hydrazine groups is 1. The van der Waals surface area contributed by atoms with Crippen LogP contribution in [0.1, 0.15) is 0 Å². The van der Waals surface area contributed by atoms with Crippen molar-refractivity contribution in [3.05, 3.63) is 29.3 Å². The summed E-state index contributed by atoms with van der Waals surface area (Å²) in [5.41, 5.74) is 5.91. The van der Waals surface area contributed by atoms with E-state index in [2.05, 4.69) is 16.2 Å². The second kappa shape index (κ2) is 7.39. The summed E-state index contributed by atoms with van der Waals surface area (Å²) in [7, 11) is 1.63. The summed E-state index contributed by atoms with van der Waals surface area (Å²) in [5, 5.41) is 3.20. The van der Waals surface area contributed by atoms with E-state index >= 15 is 0 Å². The molecule has 1 aromatic carbocycles. The van der Waals surface area contributed by atoms with Crippen molar-refractivity contribution in [2.75, 3.05) is 31.6 Å². The zero-order chi connectivity index (χ0) is 16.1. The lowest BCUT2D eigenvalue weighted by molar-refractivity contribution is -0.120. The molecule has 1 saturated heterocycles. The molecule has 1 aromatic rings. The molecule has 0 aromatic heterocycles. The molecule has 1 fully saturated rings. The smallest absolute Gasteiger partial charge is 0.313 e. The van der Waals surface area contributed by atoms with Crippen molar-refractivity contribution in [1.29, 1.82) is 0 Å². The van der Waals surface area contributed by atoms with E-state index in [1.54, 1.807) is 30.1 Å². The lowest BCUT2D eigenvalue weighted by Crippen LogP contribution is -2.57. The van der Waals surface area contributed by atoms with E-state index in [4.69, 9.17) is 23.8 Å². The Balaban J connectivity index is 1.96. The van der Waals surface area contributed by atoms with Crippen LogP contribution in [0.3, 0.4) is 0 Å². The molecule has 0 unspecified atom stereocenters. The Morgan fingerprint density at radius 3 is 2.77 bits per heavy atom. The Morgan fingerprint density at radius 1 is 1.36 bits per heavy atom. The number of urea groups is 1. The Hall–Kier alpha value is -1.90. The average molecular weight is 342 g/mol. The number of anilines is 1. The van der Waals surface area contributed by atoms with Crippen LogP contribution >= 0.6 is 23.8 Å². The van der Waals surface area contributed by atoms with Crippen molar-refractivity contribution in [2.45, 2.75) is 0 Å². The Morgan fingerprint density at radius 2 is 2.14 bits per heavy atom. The number of hydrogen-bond donors (Lipinski definition) is 3. The van der Waals surface area contributed by atoms with Gasteiger partial charge in [0.05, 0.1) is 0 Å². The number of amides is 3. The molecule has 1 aliphatic rings. The summed E-state index contributed by atoms with van der Waals surface area (Å²) in [6, 6.07) is 6.65. The third kappa shape index (κ3) is 4.06. The van der Waals surface area contributed by atoms with E-state index in [-0.39, 0.29) is 17.6 Å². The zero-order valence-corrected chi connectivity index (χ0v) is 13.5. The number of carbonyl (C=O) groups excluding carboxylic acids is 2. The van der Waals surface area contributed by atoms with Crippen molar-refractivity contribution >= 4 is 46.6 Å². The van der Waals surface area contributed by atoms with Gasteiger partial charge in [0.2, 0.25) is 5.91 Å². The van der Waals surface area contributed by atoms with Crippen LogP contribution in [0.2, 0.25) is 5.02 Å². The number of nitrogens with zero attached hydrogens (tertiary/aromatic N) is 2. The number of rotatable bonds is 2. The molecule has 118 valence electrons. The van der Waals surface area contributed by atoms with Crippen molar-refractivity contribution in [3.8, 4) is 0 Å². The van der Waals surface area contributed by atoms with Crippen molar-refractivity contribution in [1.82, 2.24) is 21.1 Å². The SMILES string of the molecule is CNNC(=S)NC(=O)N1CCN(c2cccc(Cl)c2)C(=O)C1. The van der Waals surface area contributed by atoms with Crippen LogP contribution < -0.4 is 21.1 Å². The number of piperazine rings is 1. The van der Waals surface area contributed by atoms with Crippen LogP contribution in [0.15, 0.2) is 24.3 Å². The van der Waals surface area contributed by atoms with Gasteiger partial charge in [0, 0.05) is 30.8 Å². The van der Waals surface area contributed by atoms with Gasteiger partial charge in [-0.1, -0.05) is 17.7 Å². The standard InChI is InChI=1S/C13H16ClN5O2S/c1-15-17-12(22)16-13(21)18-5-6-19(11(20)8-18)10-4-2-3-9(14)7-10/h2-4,7,15H,5-6,8H2,1H3,(H2,16,17,21,22). The molecule has 0 atom stereocenters. The minimum atomic E-state index is -0.410. The minimum Gasteiger partial charge on any atom is -0.313 e. The summed E-state index contributed by atoms with van der Waals surface area (Å²) in [5.74, 6) is -0.170. The molecule has 2 rings (SSSR count). The lowest BCUT2D eigenvalue weighted by Gasteiger charge is -2.34. The van der Waals surface area contributed by atoms with Gasteiger partial charge in [0.1, 0.15) is 6.54 Å². The molecule has 3 N–H and O–H groups in total. The second-order valence-electron chi connectivity index (χ2n) is 4.58. The first-order valence-electron chi connectivity index (χ1n) is 6.60. The largest absolute Gasteiger partial charge is 0.324 e. The maximum Gasteiger partial charge on any atom is 0.324 e. The van der Waals surface area contributed by atoms with Crippen molar-refractivity contribution < 1.29 is 9.59 Å². The van der Waals surface area contributed by atoms with E-state index in [1.165, 1.54) is 4.90 Å². The molecule has 9 heteroatoms. The van der Waals surface area contributed by atoms with E-state index in [9.17, 15) is 9.59 Å². The highest BCUT2D eigenvalue weighted by Gasteiger charge is 2.28. The summed E-state index contributed by atoms with van der Waals surface area (Å²) in [6.07, 6.45) is 0. The maximum absolute atomic E-state index is 12.2. The van der Waals surface area contributed by atoms with Gasteiger partial charge in [-0.3, -0.25) is 15.5 Å². The number of carbonyl (C=O) groups is 2. The molecule has 1 aliphatic heterocycles. The van der Waals surface area contributed by atoms with Crippen LogP contribution in [0.5, 0.6) is 0 Å². The van der Waals surface area contributed by atoms with E-state index in [0.717, 1.165) is 5.69 Å². The number of thiocarbonyl (C=S) groups is 1. The van der Waals surface area contributed by atoms with Gasteiger partial charge < -0.3 is 9.80 Å². The van der Waals surface area contributed by atoms with Crippen molar-refractivity contribution in [3.63, 3.8) is 0 Å². The van der Waals surface area contributed by atoms with Gasteiger partial charge in [-0.2, -0.15) is 0 Å². The van der Waals surface area contributed by atoms with Crippen LogP contribution in [0.4, 0.5) is 10.5 Å². The van der Waals surface area contributed by atoms with Gasteiger partial charge in [-0.15, -0.1) is 0 Å². The van der Waals surface area contributed by atoms with Gasteiger partial charge >= 0.3 is 6.03 Å². The number of benzene rings is 1. The predicted molar refractivity (Wildman–Crippen MR) is 88.7 cm³/mol. The molecular formula is C13H16ClN5O2S. The molecule has 7 nitrogen and oxygen atoms in total. The highest BCUT2D eigenvalue weighted by molar-refractivity contribution is 7.80. The summed E-state index contributed by atoms with van der Waals surface area (Å²) in [6.45, 7) is 0.797. The highest BCUT2D eigenvalue weighted by atomic mass is 35.5. The van der Waals surface area contributed by atoms with Crippen LogP contribution in [-0.2, 0) is 4.79 Å². The molecule has 22 heavy (non-hydrogen) atoms. The molecule has 3 amide bonds.